The molecule has 2 N–H and O–H groups in total. The SMILES string of the molecule is CCNC(=S)NC(C)c1ccc(OCc2cccnc2)cc1. The fraction of sp³-hybridized carbons (Fsp3) is 0.294. The number of thiocarbonyl (C=S) groups is 1. The van der Waals surface area contributed by atoms with E-state index in [9.17, 15) is 0 Å². The van der Waals surface area contributed by atoms with Gasteiger partial charge in [0.1, 0.15) is 12.4 Å². The average Bonchev–Trinajstić information content (AvgIpc) is 2.54. The molecule has 2 aromatic rings. The van der Waals surface area contributed by atoms with Crippen LogP contribution in [0.15, 0.2) is 48.8 Å². The summed E-state index contributed by atoms with van der Waals surface area (Å²) in [5.41, 5.74) is 2.21. The molecule has 0 spiro atoms. The monoisotopic (exact) mass is 315 g/mol. The van der Waals surface area contributed by atoms with Crippen LogP contribution in [0.2, 0.25) is 0 Å². The van der Waals surface area contributed by atoms with Crippen molar-refractivity contribution in [1.29, 1.82) is 0 Å². The largest absolute Gasteiger partial charge is 0.489 e. The number of nitrogens with one attached hydrogen (secondary N) is 2. The first-order valence-corrected chi connectivity index (χ1v) is 7.76. The summed E-state index contributed by atoms with van der Waals surface area (Å²) < 4.78 is 5.75. The molecular weight excluding hydrogens is 294 g/mol. The second-order valence-corrected chi connectivity index (χ2v) is 5.35. The first-order chi connectivity index (χ1) is 10.7. The van der Waals surface area contributed by atoms with Gasteiger partial charge in [-0.15, -0.1) is 0 Å². The molecule has 0 fully saturated rings. The van der Waals surface area contributed by atoms with Crippen molar-refractivity contribution >= 4 is 17.3 Å². The molecule has 1 heterocycles. The number of aromatic nitrogens is 1. The molecule has 0 aliphatic heterocycles. The first kappa shape index (κ1) is 16.2. The van der Waals surface area contributed by atoms with Gasteiger partial charge in [0.25, 0.3) is 0 Å². The number of hydrogen-bond donors (Lipinski definition) is 2. The van der Waals surface area contributed by atoms with Gasteiger partial charge in [0.2, 0.25) is 0 Å². The number of ether oxygens (including phenoxy) is 1. The fourth-order valence-electron chi connectivity index (χ4n) is 1.99. The molecule has 116 valence electrons. The van der Waals surface area contributed by atoms with Crippen LogP contribution < -0.4 is 15.4 Å². The maximum Gasteiger partial charge on any atom is 0.166 e. The molecule has 22 heavy (non-hydrogen) atoms. The van der Waals surface area contributed by atoms with E-state index in [1.807, 2.05) is 49.5 Å². The van der Waals surface area contributed by atoms with E-state index in [4.69, 9.17) is 17.0 Å². The highest BCUT2D eigenvalue weighted by Gasteiger charge is 2.06. The number of pyridine rings is 1. The second-order valence-electron chi connectivity index (χ2n) is 4.94. The molecule has 0 aliphatic rings. The minimum atomic E-state index is 0.152. The van der Waals surface area contributed by atoms with Crippen molar-refractivity contribution in [3.63, 3.8) is 0 Å². The highest BCUT2D eigenvalue weighted by atomic mass is 32.1. The topological polar surface area (TPSA) is 46.2 Å². The van der Waals surface area contributed by atoms with Gasteiger partial charge < -0.3 is 15.4 Å². The third-order valence-electron chi connectivity index (χ3n) is 3.19. The number of nitrogens with zero attached hydrogens (tertiary/aromatic N) is 1. The van der Waals surface area contributed by atoms with Crippen LogP contribution in [0.3, 0.4) is 0 Å². The number of benzene rings is 1. The Hall–Kier alpha value is -2.14. The third-order valence-corrected chi connectivity index (χ3v) is 3.46. The molecule has 4 nitrogen and oxygen atoms in total. The van der Waals surface area contributed by atoms with Gasteiger partial charge in [-0.1, -0.05) is 18.2 Å². The van der Waals surface area contributed by atoms with E-state index in [-0.39, 0.29) is 6.04 Å². The van der Waals surface area contributed by atoms with Crippen molar-refractivity contribution in [3.05, 3.63) is 59.9 Å². The Morgan fingerprint density at radius 2 is 2.05 bits per heavy atom. The summed E-state index contributed by atoms with van der Waals surface area (Å²) in [6, 6.07) is 12.1. The van der Waals surface area contributed by atoms with E-state index in [1.165, 1.54) is 0 Å². The van der Waals surface area contributed by atoms with Crippen LogP contribution in [0, 0.1) is 0 Å². The molecule has 0 saturated heterocycles. The van der Waals surface area contributed by atoms with E-state index in [2.05, 4.69) is 22.5 Å². The average molecular weight is 315 g/mol. The van der Waals surface area contributed by atoms with Gasteiger partial charge in [0.15, 0.2) is 5.11 Å². The smallest absolute Gasteiger partial charge is 0.166 e. The summed E-state index contributed by atoms with van der Waals surface area (Å²) in [4.78, 5) is 4.07. The fourth-order valence-corrected chi connectivity index (χ4v) is 2.32. The van der Waals surface area contributed by atoms with Crippen LogP contribution in [0.1, 0.15) is 31.0 Å². The maximum atomic E-state index is 5.75. The summed E-state index contributed by atoms with van der Waals surface area (Å²) in [5.74, 6) is 0.842. The quantitative estimate of drug-likeness (QED) is 0.802. The van der Waals surface area contributed by atoms with E-state index < -0.39 is 0 Å². The Kier molecular flexibility index (Phi) is 6.15. The van der Waals surface area contributed by atoms with Crippen molar-refractivity contribution in [2.24, 2.45) is 0 Å². The Labute approximate surface area is 136 Å². The first-order valence-electron chi connectivity index (χ1n) is 7.35. The number of rotatable bonds is 6. The van der Waals surface area contributed by atoms with Crippen LogP contribution >= 0.6 is 12.2 Å². The van der Waals surface area contributed by atoms with Crippen LogP contribution in [0.4, 0.5) is 0 Å². The molecule has 0 amide bonds. The lowest BCUT2D eigenvalue weighted by Crippen LogP contribution is -2.36. The molecule has 1 aromatic heterocycles. The minimum absolute atomic E-state index is 0.152. The van der Waals surface area contributed by atoms with Gasteiger partial charge in [-0.3, -0.25) is 4.98 Å². The summed E-state index contributed by atoms with van der Waals surface area (Å²) in [6.45, 7) is 5.44. The lowest BCUT2D eigenvalue weighted by molar-refractivity contribution is 0.305. The van der Waals surface area contributed by atoms with Gasteiger partial charge in [-0.05, 0) is 49.8 Å². The Morgan fingerprint density at radius 1 is 1.27 bits per heavy atom. The zero-order valence-electron chi connectivity index (χ0n) is 12.9. The van der Waals surface area contributed by atoms with Crippen molar-refractivity contribution in [1.82, 2.24) is 15.6 Å². The van der Waals surface area contributed by atoms with Gasteiger partial charge in [-0.25, -0.2) is 0 Å². The van der Waals surface area contributed by atoms with Gasteiger partial charge in [0.05, 0.1) is 6.04 Å². The highest BCUT2D eigenvalue weighted by Crippen LogP contribution is 2.18. The third kappa shape index (κ3) is 5.00. The van der Waals surface area contributed by atoms with Gasteiger partial charge >= 0.3 is 0 Å². The normalized spacial score (nSPS) is 11.5. The van der Waals surface area contributed by atoms with Crippen molar-refractivity contribution in [3.8, 4) is 5.75 Å². The lowest BCUT2D eigenvalue weighted by Gasteiger charge is -2.17. The molecule has 0 radical (unpaired) electrons. The Morgan fingerprint density at radius 3 is 2.68 bits per heavy atom. The standard InChI is InChI=1S/C17H21N3OS/c1-3-19-17(22)20-13(2)15-6-8-16(9-7-15)21-12-14-5-4-10-18-11-14/h4-11,13H,3,12H2,1-2H3,(H2,19,20,22). The Bertz CT molecular complexity index is 587. The molecule has 2 rings (SSSR count). The van der Waals surface area contributed by atoms with E-state index >= 15 is 0 Å². The minimum Gasteiger partial charge on any atom is -0.489 e. The molecule has 1 aromatic carbocycles. The zero-order valence-corrected chi connectivity index (χ0v) is 13.7. The van der Waals surface area contributed by atoms with E-state index in [1.54, 1.807) is 6.20 Å². The molecule has 1 unspecified atom stereocenters. The predicted molar refractivity (Wildman–Crippen MR) is 92.8 cm³/mol. The molecular formula is C17H21N3OS. The summed E-state index contributed by atoms with van der Waals surface area (Å²) in [7, 11) is 0. The summed E-state index contributed by atoms with van der Waals surface area (Å²) >= 11 is 5.20. The van der Waals surface area contributed by atoms with Crippen molar-refractivity contribution in [2.75, 3.05) is 6.54 Å². The Balaban J connectivity index is 1.88. The van der Waals surface area contributed by atoms with Crippen LogP contribution in [-0.2, 0) is 6.61 Å². The van der Waals surface area contributed by atoms with Crippen molar-refractivity contribution < 1.29 is 4.74 Å². The molecule has 0 bridgehead atoms. The second kappa shape index (κ2) is 8.34. The van der Waals surface area contributed by atoms with Gasteiger partial charge in [0, 0.05) is 24.5 Å². The maximum absolute atomic E-state index is 5.75. The van der Waals surface area contributed by atoms with Crippen LogP contribution in [0.5, 0.6) is 5.75 Å². The van der Waals surface area contributed by atoms with E-state index in [0.717, 1.165) is 23.4 Å². The number of hydrogen-bond acceptors (Lipinski definition) is 3. The zero-order chi connectivity index (χ0) is 15.8. The van der Waals surface area contributed by atoms with Crippen LogP contribution in [0.25, 0.3) is 0 Å². The molecule has 5 heteroatoms. The van der Waals surface area contributed by atoms with Crippen molar-refractivity contribution in [2.45, 2.75) is 26.5 Å². The molecule has 1 atom stereocenters. The van der Waals surface area contributed by atoms with Crippen LogP contribution in [-0.4, -0.2) is 16.6 Å². The lowest BCUT2D eigenvalue weighted by atomic mass is 10.1. The predicted octanol–water partition coefficient (Wildman–Crippen LogP) is 3.21. The summed E-state index contributed by atoms with van der Waals surface area (Å²) in [6.07, 6.45) is 3.56. The highest BCUT2D eigenvalue weighted by molar-refractivity contribution is 7.80. The van der Waals surface area contributed by atoms with E-state index in [0.29, 0.717) is 11.7 Å². The van der Waals surface area contributed by atoms with Gasteiger partial charge in [-0.2, -0.15) is 0 Å². The summed E-state index contributed by atoms with van der Waals surface area (Å²) in [5, 5.41) is 7.00. The molecule has 0 aliphatic carbocycles. The molecule has 0 saturated carbocycles.